The molecule has 0 aliphatic carbocycles. The molecule has 0 saturated carbocycles. The highest BCUT2D eigenvalue weighted by atomic mass is 19.1. The number of hydrogen-bond donors (Lipinski definition) is 1. The average Bonchev–Trinajstić information content (AvgIpc) is 3.25. The van der Waals surface area contributed by atoms with Gasteiger partial charge >= 0.3 is 5.97 Å². The number of benzene rings is 1. The third-order valence-electron chi connectivity index (χ3n) is 6.61. The highest BCUT2D eigenvalue weighted by Gasteiger charge is 2.20. The van der Waals surface area contributed by atoms with Crippen molar-refractivity contribution in [3.05, 3.63) is 47.6 Å². The molecule has 39 heavy (non-hydrogen) atoms. The number of fused-ring (bicyclic) bond motifs is 1. The zero-order chi connectivity index (χ0) is 27.9. The maximum absolute atomic E-state index is 15.0. The van der Waals surface area contributed by atoms with Gasteiger partial charge in [-0.1, -0.05) is 0 Å². The SMILES string of the molecule is CCOC(=O)CN1CCN(CC(=Cc2cc(-c3cc(F)c4nc(C)n(C(C)C)c4c3)ncn2)N=CCN)CC1. The maximum Gasteiger partial charge on any atom is 0.320 e. The normalized spacial score (nSPS) is 15.6. The number of aromatic nitrogens is 4. The summed E-state index contributed by atoms with van der Waals surface area (Å²) < 4.78 is 22.1. The third kappa shape index (κ3) is 7.11. The van der Waals surface area contributed by atoms with Gasteiger partial charge in [0, 0.05) is 57.1 Å². The Morgan fingerprint density at radius 2 is 1.87 bits per heavy atom. The second-order valence-corrected chi connectivity index (χ2v) is 9.82. The summed E-state index contributed by atoms with van der Waals surface area (Å²) in [6.45, 7) is 12.6. The van der Waals surface area contributed by atoms with Crippen LogP contribution in [-0.2, 0) is 9.53 Å². The van der Waals surface area contributed by atoms with E-state index in [1.165, 1.54) is 12.4 Å². The molecule has 1 aromatic carbocycles. The molecular weight excluding hydrogens is 499 g/mol. The van der Waals surface area contributed by atoms with E-state index in [1.54, 1.807) is 6.21 Å². The number of rotatable bonds is 10. The lowest BCUT2D eigenvalue weighted by molar-refractivity contribution is -0.144. The Hall–Kier alpha value is -3.54. The summed E-state index contributed by atoms with van der Waals surface area (Å²) in [7, 11) is 0. The number of carbonyl (C=O) groups is 1. The van der Waals surface area contributed by atoms with E-state index in [-0.39, 0.29) is 17.8 Å². The molecule has 1 fully saturated rings. The molecule has 0 atom stereocenters. The van der Waals surface area contributed by atoms with E-state index in [1.807, 2.05) is 36.6 Å². The molecule has 0 radical (unpaired) electrons. The Morgan fingerprint density at radius 1 is 1.15 bits per heavy atom. The van der Waals surface area contributed by atoms with Gasteiger partial charge in [0.2, 0.25) is 0 Å². The van der Waals surface area contributed by atoms with Crippen molar-refractivity contribution in [2.75, 3.05) is 52.4 Å². The van der Waals surface area contributed by atoms with Crippen LogP contribution in [0.4, 0.5) is 4.39 Å². The Balaban J connectivity index is 1.54. The third-order valence-corrected chi connectivity index (χ3v) is 6.61. The lowest BCUT2D eigenvalue weighted by atomic mass is 10.1. The van der Waals surface area contributed by atoms with E-state index in [0.717, 1.165) is 43.2 Å². The monoisotopic (exact) mass is 536 g/mol. The van der Waals surface area contributed by atoms with E-state index in [4.69, 9.17) is 10.5 Å². The summed E-state index contributed by atoms with van der Waals surface area (Å²) in [6.07, 6.45) is 5.05. The molecule has 1 aliphatic rings. The van der Waals surface area contributed by atoms with Crippen LogP contribution in [-0.4, -0.2) is 93.9 Å². The number of hydrogen-bond acceptors (Lipinski definition) is 9. The Kier molecular flexibility index (Phi) is 9.50. The fraction of sp³-hybridized carbons (Fsp3) is 0.464. The molecule has 0 bridgehead atoms. The van der Waals surface area contributed by atoms with Crippen LogP contribution in [0.25, 0.3) is 28.4 Å². The zero-order valence-corrected chi connectivity index (χ0v) is 23.1. The molecule has 0 amide bonds. The van der Waals surface area contributed by atoms with Crippen molar-refractivity contribution in [1.29, 1.82) is 0 Å². The van der Waals surface area contributed by atoms with Crippen LogP contribution in [0.2, 0.25) is 0 Å². The first kappa shape index (κ1) is 28.5. The van der Waals surface area contributed by atoms with Crippen molar-refractivity contribution in [2.45, 2.75) is 33.7 Å². The second-order valence-electron chi connectivity index (χ2n) is 9.82. The van der Waals surface area contributed by atoms with Crippen molar-refractivity contribution in [1.82, 2.24) is 29.3 Å². The summed E-state index contributed by atoms with van der Waals surface area (Å²) in [5.74, 6) is 0.198. The van der Waals surface area contributed by atoms with Crippen LogP contribution in [0.1, 0.15) is 38.3 Å². The number of imidazole rings is 1. The number of nitrogens with two attached hydrogens (primary N) is 1. The molecule has 10 nitrogen and oxygen atoms in total. The number of aliphatic imine (C=N–C) groups is 1. The molecule has 2 aromatic heterocycles. The molecule has 0 spiro atoms. The molecule has 11 heteroatoms. The summed E-state index contributed by atoms with van der Waals surface area (Å²) in [6, 6.07) is 5.37. The number of aryl methyl sites for hydroxylation is 1. The summed E-state index contributed by atoms with van der Waals surface area (Å²) >= 11 is 0. The molecule has 2 N–H and O–H groups in total. The molecule has 4 rings (SSSR count). The van der Waals surface area contributed by atoms with Crippen molar-refractivity contribution in [3.63, 3.8) is 0 Å². The van der Waals surface area contributed by atoms with Crippen molar-refractivity contribution in [2.24, 2.45) is 10.7 Å². The highest BCUT2D eigenvalue weighted by molar-refractivity contribution is 5.83. The molecule has 1 saturated heterocycles. The maximum atomic E-state index is 15.0. The van der Waals surface area contributed by atoms with Crippen LogP contribution in [0.15, 0.2) is 35.2 Å². The van der Waals surface area contributed by atoms with Gasteiger partial charge in [-0.3, -0.25) is 19.6 Å². The average molecular weight is 537 g/mol. The Bertz CT molecular complexity index is 1360. The smallest absolute Gasteiger partial charge is 0.320 e. The van der Waals surface area contributed by atoms with Crippen LogP contribution < -0.4 is 5.73 Å². The van der Waals surface area contributed by atoms with Gasteiger partial charge in [0.05, 0.1) is 35.8 Å². The largest absolute Gasteiger partial charge is 0.465 e. The zero-order valence-electron chi connectivity index (χ0n) is 23.1. The van der Waals surface area contributed by atoms with Gasteiger partial charge < -0.3 is 15.0 Å². The van der Waals surface area contributed by atoms with E-state index in [2.05, 4.69) is 43.6 Å². The van der Waals surface area contributed by atoms with Gasteiger partial charge in [-0.2, -0.15) is 0 Å². The van der Waals surface area contributed by atoms with Crippen LogP contribution in [0, 0.1) is 12.7 Å². The minimum atomic E-state index is -0.379. The van der Waals surface area contributed by atoms with Gasteiger partial charge in [0.25, 0.3) is 0 Å². The topological polar surface area (TPSA) is 115 Å². The first-order valence-corrected chi connectivity index (χ1v) is 13.3. The number of halogens is 1. The van der Waals surface area contributed by atoms with Crippen LogP contribution in [0.5, 0.6) is 0 Å². The fourth-order valence-electron chi connectivity index (χ4n) is 4.87. The fourth-order valence-corrected chi connectivity index (χ4v) is 4.87. The number of piperazine rings is 1. The second kappa shape index (κ2) is 13.0. The number of esters is 1. The summed E-state index contributed by atoms with van der Waals surface area (Å²) in [4.78, 5) is 34.0. The van der Waals surface area contributed by atoms with Crippen LogP contribution >= 0.6 is 0 Å². The van der Waals surface area contributed by atoms with Crippen molar-refractivity contribution >= 4 is 29.3 Å². The van der Waals surface area contributed by atoms with Crippen LogP contribution in [0.3, 0.4) is 0 Å². The molecule has 208 valence electrons. The summed E-state index contributed by atoms with van der Waals surface area (Å²) in [5, 5.41) is 0. The molecule has 1 aliphatic heterocycles. The molecular formula is C28H37FN8O2. The highest BCUT2D eigenvalue weighted by Crippen LogP contribution is 2.29. The summed E-state index contributed by atoms with van der Waals surface area (Å²) in [5.41, 5.74) is 9.52. The van der Waals surface area contributed by atoms with E-state index < -0.39 is 0 Å². The quantitative estimate of drug-likeness (QED) is 0.311. The molecule has 3 heterocycles. The van der Waals surface area contributed by atoms with E-state index in [0.29, 0.717) is 48.7 Å². The predicted molar refractivity (Wildman–Crippen MR) is 151 cm³/mol. The number of ether oxygens (including phenoxy) is 1. The van der Waals surface area contributed by atoms with Gasteiger partial charge in [-0.05, 0) is 52.0 Å². The van der Waals surface area contributed by atoms with E-state index in [9.17, 15) is 4.79 Å². The van der Waals surface area contributed by atoms with Gasteiger partial charge in [-0.25, -0.2) is 19.3 Å². The Labute approximate surface area is 228 Å². The standard InChI is InChI=1S/C28H37FN8O2/c1-5-39-27(38)17-36-10-8-35(9-11-36)16-23(31-7-6-30)14-22-15-25(33-18-32-22)21-12-24(29)28-26(13-21)37(19(2)3)20(4)34-28/h7,12-15,18-19H,5-6,8-11,16-17,30H2,1-4H3. The first-order valence-electron chi connectivity index (χ1n) is 13.3. The van der Waals surface area contributed by atoms with Crippen molar-refractivity contribution in [3.8, 4) is 11.3 Å². The minimum absolute atomic E-state index is 0.142. The van der Waals surface area contributed by atoms with Gasteiger partial charge in [0.15, 0.2) is 5.82 Å². The lowest BCUT2D eigenvalue weighted by Gasteiger charge is -2.34. The van der Waals surface area contributed by atoms with Gasteiger partial charge in [-0.15, -0.1) is 0 Å². The van der Waals surface area contributed by atoms with Crippen molar-refractivity contribution < 1.29 is 13.9 Å². The number of carbonyl (C=O) groups excluding carboxylic acids is 1. The first-order chi connectivity index (χ1) is 18.8. The van der Waals surface area contributed by atoms with E-state index >= 15 is 4.39 Å². The molecule has 3 aromatic rings. The predicted octanol–water partition coefficient (Wildman–Crippen LogP) is 3.07. The Morgan fingerprint density at radius 3 is 2.54 bits per heavy atom. The van der Waals surface area contributed by atoms with Gasteiger partial charge in [0.1, 0.15) is 17.7 Å². The minimum Gasteiger partial charge on any atom is -0.465 e. The number of nitrogens with zero attached hydrogens (tertiary/aromatic N) is 7. The molecule has 0 unspecified atom stereocenters. The lowest BCUT2D eigenvalue weighted by Crippen LogP contribution is -2.48.